The quantitative estimate of drug-likeness (QED) is 0.175. The number of carbonyl (C=O) groups excluding carboxylic acids is 3. The van der Waals surface area contributed by atoms with Gasteiger partial charge in [0, 0.05) is 118 Å². The van der Waals surface area contributed by atoms with Gasteiger partial charge in [-0.05, 0) is 105 Å². The number of anilines is 2. The molecule has 1 unspecified atom stereocenters. The van der Waals surface area contributed by atoms with E-state index in [2.05, 4.69) is 30.4 Å². The molecular weight excluding hydrogens is 876 g/mol. The first-order valence-electron chi connectivity index (χ1n) is 21.2. The minimum Gasteiger partial charge on any atom is -0.675 e. The van der Waals surface area contributed by atoms with E-state index in [0.29, 0.717) is 76.0 Å². The third-order valence-electron chi connectivity index (χ3n) is 13.8. The Morgan fingerprint density at radius 3 is 2.46 bits per heavy atom. The molecule has 13 nitrogen and oxygen atoms in total. The zero-order valence-corrected chi connectivity index (χ0v) is 38.3. The molecule has 319 valence electrons. The van der Waals surface area contributed by atoms with Crippen LogP contribution in [0.15, 0.2) is 36.7 Å². The number of hydrogen-bond acceptors (Lipinski definition) is 10. The Labute approximate surface area is 385 Å². The number of fused-ring (bicyclic) bond motifs is 3. The molecule has 4 fully saturated rings. The zero-order valence-electron chi connectivity index (χ0n) is 34.7. The van der Waals surface area contributed by atoms with E-state index in [1.165, 1.54) is 44.7 Å². The van der Waals surface area contributed by atoms with Crippen LogP contribution >= 0.6 is 11.6 Å². The fraction of sp³-hybridized carbons (Fsp3) is 0.489. The third-order valence-corrected chi connectivity index (χ3v) is 14.2. The van der Waals surface area contributed by atoms with Gasteiger partial charge in [0.2, 0.25) is 23.6 Å². The minimum atomic E-state index is -0.625. The van der Waals surface area contributed by atoms with E-state index in [1.807, 2.05) is 19.1 Å². The first-order valence-corrected chi connectivity index (χ1v) is 21.5. The molecule has 2 aromatic carbocycles. The van der Waals surface area contributed by atoms with E-state index in [1.54, 1.807) is 24.1 Å². The van der Waals surface area contributed by atoms with Crippen molar-refractivity contribution >= 4 is 51.5 Å². The molecule has 3 amide bonds. The number of benzene rings is 2. The van der Waals surface area contributed by atoms with Crippen molar-refractivity contribution in [2.24, 2.45) is 11.3 Å². The Balaban J connectivity index is 0.000000179. The SMILES string of the molecule is Cc1c(-c2cc3cc(O)ncc3c(C)c2F)cnc2c1NCCO2.[NH-]C1CC2(CCN(CC3CCN(c4ccc5c(c4Cl)CN(C4CCC(=O)NC4=O)C5=O)CC3)CC2)C1.[Y]. The number of pyridine rings is 2. The number of piperidine rings is 3. The van der Waals surface area contributed by atoms with E-state index in [-0.39, 0.29) is 68.7 Å². The summed E-state index contributed by atoms with van der Waals surface area (Å²) >= 11 is 6.87. The van der Waals surface area contributed by atoms with Crippen molar-refractivity contribution in [1.82, 2.24) is 25.1 Å². The molecule has 6 aliphatic rings. The van der Waals surface area contributed by atoms with Gasteiger partial charge >= 0.3 is 0 Å². The van der Waals surface area contributed by atoms with Crippen LogP contribution in [0, 0.1) is 31.0 Å². The zero-order chi connectivity index (χ0) is 41.9. The van der Waals surface area contributed by atoms with Gasteiger partial charge in [-0.25, -0.2) is 14.4 Å². The average Bonchev–Trinajstić information content (AvgIpc) is 3.57. The fourth-order valence-electron chi connectivity index (χ4n) is 10.3. The van der Waals surface area contributed by atoms with E-state index in [0.717, 1.165) is 66.7 Å². The molecule has 0 bridgehead atoms. The number of aromatic nitrogens is 2. The number of hydrogen-bond donors (Lipinski definition) is 3. The molecule has 1 radical (unpaired) electrons. The minimum absolute atomic E-state index is 0. The summed E-state index contributed by atoms with van der Waals surface area (Å²) in [6.45, 7) is 10.6. The predicted molar refractivity (Wildman–Crippen MR) is 228 cm³/mol. The number of ether oxygens (including phenoxy) is 1. The van der Waals surface area contributed by atoms with E-state index in [9.17, 15) is 23.9 Å². The van der Waals surface area contributed by atoms with Crippen LogP contribution in [-0.4, -0.2) is 101 Å². The molecule has 3 saturated heterocycles. The summed E-state index contributed by atoms with van der Waals surface area (Å²) in [4.78, 5) is 51.6. The van der Waals surface area contributed by atoms with Crippen LogP contribution in [0.5, 0.6) is 11.8 Å². The van der Waals surface area contributed by atoms with Gasteiger partial charge < -0.3 is 35.6 Å². The second-order valence-electron chi connectivity index (χ2n) is 17.5. The van der Waals surface area contributed by atoms with Crippen molar-refractivity contribution < 1.29 is 61.3 Å². The maximum absolute atomic E-state index is 15.0. The van der Waals surface area contributed by atoms with Crippen LogP contribution in [0.1, 0.15) is 78.4 Å². The molecule has 2 aromatic heterocycles. The summed E-state index contributed by atoms with van der Waals surface area (Å²) in [6.07, 6.45) is 10.7. The second kappa shape index (κ2) is 17.7. The number of carbonyl (C=O) groups is 3. The van der Waals surface area contributed by atoms with Crippen LogP contribution in [0.25, 0.3) is 27.6 Å². The van der Waals surface area contributed by atoms with Crippen molar-refractivity contribution in [2.75, 3.05) is 56.1 Å². The van der Waals surface area contributed by atoms with Crippen molar-refractivity contribution in [1.29, 1.82) is 0 Å². The van der Waals surface area contributed by atoms with Gasteiger partial charge in [-0.3, -0.25) is 19.7 Å². The largest absolute Gasteiger partial charge is 0.675 e. The fourth-order valence-corrected chi connectivity index (χ4v) is 10.6. The topological polar surface area (TPSA) is 164 Å². The molecule has 5 aliphatic heterocycles. The van der Waals surface area contributed by atoms with Crippen molar-refractivity contribution in [3.63, 3.8) is 0 Å². The van der Waals surface area contributed by atoms with Gasteiger partial charge in [-0.1, -0.05) is 24.4 Å². The molecule has 4 N–H and O–H groups in total. The number of aromatic hydroxyl groups is 1. The second-order valence-corrected chi connectivity index (χ2v) is 17.9. The molecule has 1 spiro atoms. The number of nitrogens with zero attached hydrogens (tertiary/aromatic N) is 5. The molecule has 1 aliphatic carbocycles. The van der Waals surface area contributed by atoms with Gasteiger partial charge in [-0.15, -0.1) is 6.04 Å². The van der Waals surface area contributed by atoms with Crippen LogP contribution in [-0.2, 0) is 48.8 Å². The molecule has 4 aromatic rings. The summed E-state index contributed by atoms with van der Waals surface area (Å²) in [5.41, 5.74) is 14.0. The van der Waals surface area contributed by atoms with E-state index in [4.69, 9.17) is 22.1 Å². The molecule has 1 atom stereocenters. The number of halogens is 2. The maximum atomic E-state index is 15.0. The molecule has 10 rings (SSSR count). The summed E-state index contributed by atoms with van der Waals surface area (Å²) in [5, 5.41) is 17.3. The number of likely N-dealkylation sites (tertiary alicyclic amines) is 1. The van der Waals surface area contributed by atoms with Crippen LogP contribution in [0.4, 0.5) is 15.8 Å². The van der Waals surface area contributed by atoms with Crippen LogP contribution in [0.3, 0.4) is 0 Å². The van der Waals surface area contributed by atoms with E-state index >= 15 is 0 Å². The Morgan fingerprint density at radius 2 is 1.74 bits per heavy atom. The van der Waals surface area contributed by atoms with Gasteiger partial charge in [0.1, 0.15) is 24.2 Å². The molecule has 7 heterocycles. The number of rotatable bonds is 5. The summed E-state index contributed by atoms with van der Waals surface area (Å²) in [7, 11) is 0. The van der Waals surface area contributed by atoms with Gasteiger partial charge in [-0.2, -0.15) is 0 Å². The monoisotopic (exact) mass is 926 g/mol. The predicted octanol–water partition coefficient (Wildman–Crippen LogP) is 7.17. The number of imide groups is 1. The van der Waals surface area contributed by atoms with Crippen molar-refractivity contribution in [3.8, 4) is 22.9 Å². The summed E-state index contributed by atoms with van der Waals surface area (Å²) in [5.74, 6) is -0.0286. The average molecular weight is 927 g/mol. The van der Waals surface area contributed by atoms with Gasteiger partial charge in [0.15, 0.2) is 0 Å². The Hall–Kier alpha value is -3.95. The molecule has 61 heavy (non-hydrogen) atoms. The normalized spacial score (nSPS) is 21.4. The number of aryl methyl sites for hydroxylation is 1. The Morgan fingerprint density at radius 1 is 0.984 bits per heavy atom. The van der Waals surface area contributed by atoms with Crippen LogP contribution < -0.4 is 20.3 Å². The first-order chi connectivity index (χ1) is 28.9. The van der Waals surface area contributed by atoms with Crippen molar-refractivity contribution in [2.45, 2.75) is 83.8 Å². The number of amides is 3. The first kappa shape index (κ1) is 43.7. The van der Waals surface area contributed by atoms with E-state index < -0.39 is 11.9 Å². The third kappa shape index (κ3) is 8.47. The summed E-state index contributed by atoms with van der Waals surface area (Å²) in [6, 6.07) is 6.62. The Kier molecular flexibility index (Phi) is 12.7. The van der Waals surface area contributed by atoms with Gasteiger partial charge in [0.05, 0.1) is 10.7 Å². The molecule has 1 saturated carbocycles. The standard InChI is InChI=1S/C27H35ClN5O3.C18H16FN3O2.Y/c28-24-20-16-33(22-3-4-23(34)30-25(22)35)26(36)19(20)1-2-21(24)32-9-5-17(6-10-32)15-31-11-7-27(8-12-31)13-18(29)14-27;1-9-13-7-21-15(23)6-11(13)5-12(16(9)19)14-8-22-18-17(10(14)2)20-3-4-24-18;/h1-2,17-18,22,29H,3-16H2,(H,30,34,35);5-8,20H,3-4H2,1-2H3,(H,21,23);/q-1;;. The maximum Gasteiger partial charge on any atom is 0.255 e. The van der Waals surface area contributed by atoms with Gasteiger partial charge in [0.25, 0.3) is 5.91 Å². The smallest absolute Gasteiger partial charge is 0.255 e. The summed E-state index contributed by atoms with van der Waals surface area (Å²) < 4.78 is 20.5. The number of nitrogens with one attached hydrogen (secondary N) is 3. The molecular formula is C45H51ClFN8O5Y-. The van der Waals surface area contributed by atoms with Crippen molar-refractivity contribution in [3.05, 3.63) is 75.5 Å². The Bertz CT molecular complexity index is 2380. The molecule has 16 heteroatoms. The van der Waals surface area contributed by atoms with Crippen LogP contribution in [0.2, 0.25) is 5.02 Å².